The SMILES string of the molecule is COc1cccc(C#CC23CC2CN(c2cc(F)cc(C#N)c2)C3)n1. The molecule has 4 nitrogen and oxygen atoms in total. The lowest BCUT2D eigenvalue weighted by atomic mass is 10.1. The molecule has 25 heavy (non-hydrogen) atoms. The zero-order valence-electron chi connectivity index (χ0n) is 13.8. The Labute approximate surface area is 145 Å². The Hall–Kier alpha value is -3.05. The lowest BCUT2D eigenvalue weighted by Crippen LogP contribution is -2.24. The van der Waals surface area contributed by atoms with Crippen LogP contribution in [0, 0.1) is 40.3 Å². The van der Waals surface area contributed by atoms with Crippen molar-refractivity contribution >= 4 is 5.69 Å². The van der Waals surface area contributed by atoms with Crippen LogP contribution in [0.15, 0.2) is 36.4 Å². The molecular weight excluding hydrogens is 317 g/mol. The van der Waals surface area contributed by atoms with Crippen molar-refractivity contribution in [2.24, 2.45) is 11.3 Å². The third kappa shape index (κ3) is 2.90. The van der Waals surface area contributed by atoms with E-state index in [9.17, 15) is 4.39 Å². The molecule has 2 fully saturated rings. The van der Waals surface area contributed by atoms with Crippen LogP contribution in [0.1, 0.15) is 17.7 Å². The highest BCUT2D eigenvalue weighted by molar-refractivity contribution is 5.55. The van der Waals surface area contributed by atoms with Crippen molar-refractivity contribution in [1.29, 1.82) is 5.26 Å². The smallest absolute Gasteiger partial charge is 0.214 e. The van der Waals surface area contributed by atoms with Crippen LogP contribution in [0.3, 0.4) is 0 Å². The van der Waals surface area contributed by atoms with Gasteiger partial charge in [-0.25, -0.2) is 9.37 Å². The summed E-state index contributed by atoms with van der Waals surface area (Å²) in [4.78, 5) is 6.44. The van der Waals surface area contributed by atoms with Gasteiger partial charge in [-0.2, -0.15) is 5.26 Å². The summed E-state index contributed by atoms with van der Waals surface area (Å²) in [6.07, 6.45) is 1.06. The van der Waals surface area contributed by atoms with E-state index in [4.69, 9.17) is 10.00 Å². The fourth-order valence-electron chi connectivity index (χ4n) is 3.48. The number of nitriles is 1. The molecule has 1 saturated carbocycles. The first kappa shape index (κ1) is 15.5. The molecule has 2 heterocycles. The fraction of sp³-hybridized carbons (Fsp3) is 0.300. The minimum Gasteiger partial charge on any atom is -0.481 e. The van der Waals surface area contributed by atoms with Gasteiger partial charge in [-0.15, -0.1) is 0 Å². The van der Waals surface area contributed by atoms with Crippen LogP contribution in [0.4, 0.5) is 10.1 Å². The molecule has 1 aliphatic heterocycles. The van der Waals surface area contributed by atoms with Crippen molar-refractivity contribution in [2.45, 2.75) is 6.42 Å². The Bertz CT molecular complexity index is 940. The molecule has 124 valence electrons. The number of ether oxygens (including phenoxy) is 1. The molecule has 0 amide bonds. The summed E-state index contributed by atoms with van der Waals surface area (Å²) in [5, 5.41) is 9.02. The van der Waals surface area contributed by atoms with Gasteiger partial charge in [0, 0.05) is 24.8 Å². The Morgan fingerprint density at radius 3 is 3.04 bits per heavy atom. The number of benzene rings is 1. The van der Waals surface area contributed by atoms with Crippen LogP contribution < -0.4 is 9.64 Å². The van der Waals surface area contributed by atoms with Crippen LogP contribution in [-0.2, 0) is 0 Å². The maximum absolute atomic E-state index is 13.7. The van der Waals surface area contributed by atoms with Crippen LogP contribution >= 0.6 is 0 Å². The largest absolute Gasteiger partial charge is 0.481 e. The molecule has 0 bridgehead atoms. The van der Waals surface area contributed by atoms with E-state index in [2.05, 4.69) is 21.7 Å². The number of fused-ring (bicyclic) bond motifs is 1. The van der Waals surface area contributed by atoms with Crippen LogP contribution in [0.5, 0.6) is 5.88 Å². The molecule has 2 atom stereocenters. The van der Waals surface area contributed by atoms with E-state index < -0.39 is 0 Å². The number of anilines is 1. The molecule has 1 aromatic heterocycles. The molecular formula is C20H16FN3O. The summed E-state index contributed by atoms with van der Waals surface area (Å²) >= 11 is 0. The normalized spacial score (nSPS) is 23.2. The average Bonchev–Trinajstić information content (AvgIpc) is 3.19. The van der Waals surface area contributed by atoms with Crippen molar-refractivity contribution in [2.75, 3.05) is 25.1 Å². The predicted octanol–water partition coefficient (Wildman–Crippen LogP) is 2.98. The zero-order chi connectivity index (χ0) is 17.4. The number of pyridine rings is 1. The molecule has 1 aliphatic carbocycles. The summed E-state index contributed by atoms with van der Waals surface area (Å²) < 4.78 is 18.8. The molecule has 2 aromatic rings. The van der Waals surface area contributed by atoms with Crippen molar-refractivity contribution in [3.63, 3.8) is 0 Å². The van der Waals surface area contributed by atoms with Gasteiger partial charge in [0.2, 0.25) is 5.88 Å². The Kier molecular flexibility index (Phi) is 3.58. The highest BCUT2D eigenvalue weighted by Crippen LogP contribution is 2.58. The van der Waals surface area contributed by atoms with Crippen LogP contribution in [0.25, 0.3) is 0 Å². The first-order valence-electron chi connectivity index (χ1n) is 8.12. The van der Waals surface area contributed by atoms with Gasteiger partial charge in [0.15, 0.2) is 0 Å². The second-order valence-corrected chi connectivity index (χ2v) is 6.56. The molecule has 1 saturated heterocycles. The van der Waals surface area contributed by atoms with Gasteiger partial charge in [-0.1, -0.05) is 12.0 Å². The van der Waals surface area contributed by atoms with Crippen molar-refractivity contribution < 1.29 is 9.13 Å². The number of aromatic nitrogens is 1. The van der Waals surface area contributed by atoms with E-state index in [-0.39, 0.29) is 11.2 Å². The van der Waals surface area contributed by atoms with Crippen LogP contribution in [-0.4, -0.2) is 25.2 Å². The van der Waals surface area contributed by atoms with Crippen molar-refractivity contribution in [3.05, 3.63) is 53.5 Å². The summed E-state index contributed by atoms with van der Waals surface area (Å²) in [7, 11) is 1.58. The first-order valence-corrected chi connectivity index (χ1v) is 8.12. The quantitative estimate of drug-likeness (QED) is 0.793. The third-order valence-electron chi connectivity index (χ3n) is 4.89. The molecule has 2 aliphatic rings. The second kappa shape index (κ2) is 5.79. The topological polar surface area (TPSA) is 49.1 Å². The highest BCUT2D eigenvalue weighted by atomic mass is 19.1. The summed E-state index contributed by atoms with van der Waals surface area (Å²) in [6, 6.07) is 12.0. The monoisotopic (exact) mass is 333 g/mol. The van der Waals surface area contributed by atoms with Crippen LogP contribution in [0.2, 0.25) is 0 Å². The van der Waals surface area contributed by atoms with Gasteiger partial charge in [-0.3, -0.25) is 0 Å². The number of rotatable bonds is 2. The molecule has 0 radical (unpaired) electrons. The van der Waals surface area contributed by atoms with Gasteiger partial charge < -0.3 is 9.64 Å². The molecule has 1 aromatic carbocycles. The van der Waals surface area contributed by atoms with E-state index in [1.165, 1.54) is 12.1 Å². The van der Waals surface area contributed by atoms with Gasteiger partial charge in [0.05, 0.1) is 24.2 Å². The second-order valence-electron chi connectivity index (χ2n) is 6.56. The molecule has 0 N–H and O–H groups in total. The first-order chi connectivity index (χ1) is 12.1. The minimum atomic E-state index is -0.379. The van der Waals surface area contributed by atoms with Gasteiger partial charge in [0.25, 0.3) is 0 Å². The summed E-state index contributed by atoms with van der Waals surface area (Å²) in [5.41, 5.74) is 1.74. The third-order valence-corrected chi connectivity index (χ3v) is 4.89. The molecule has 5 heteroatoms. The van der Waals surface area contributed by atoms with E-state index in [0.717, 1.165) is 25.2 Å². The van der Waals surface area contributed by atoms with E-state index in [1.807, 2.05) is 18.2 Å². The molecule has 0 spiro atoms. The lowest BCUT2D eigenvalue weighted by Gasteiger charge is -2.21. The Balaban J connectivity index is 1.54. The van der Waals surface area contributed by atoms with E-state index >= 15 is 0 Å². The number of piperidine rings is 1. The number of halogens is 1. The summed E-state index contributed by atoms with van der Waals surface area (Å²) in [5.74, 6) is 7.19. The van der Waals surface area contributed by atoms with Crippen molar-refractivity contribution in [3.8, 4) is 23.8 Å². The van der Waals surface area contributed by atoms with E-state index in [0.29, 0.717) is 23.1 Å². The fourth-order valence-corrected chi connectivity index (χ4v) is 3.48. The Morgan fingerprint density at radius 2 is 2.24 bits per heavy atom. The minimum absolute atomic E-state index is 0.0517. The number of methoxy groups -OCH3 is 1. The molecule has 4 rings (SSSR count). The summed E-state index contributed by atoms with van der Waals surface area (Å²) in [6.45, 7) is 1.59. The standard InChI is InChI=1S/C20H16FN3O/c1-25-19-4-2-3-17(23-19)5-6-20-10-15(20)12-24(13-20)18-8-14(11-22)7-16(21)9-18/h2-4,7-9,15H,10,12-13H2,1H3. The van der Waals surface area contributed by atoms with E-state index in [1.54, 1.807) is 19.2 Å². The predicted molar refractivity (Wildman–Crippen MR) is 91.5 cm³/mol. The number of hydrogen-bond acceptors (Lipinski definition) is 4. The maximum atomic E-state index is 13.7. The van der Waals surface area contributed by atoms with Gasteiger partial charge >= 0.3 is 0 Å². The zero-order valence-corrected chi connectivity index (χ0v) is 13.8. The highest BCUT2D eigenvalue weighted by Gasteiger charge is 2.59. The number of hydrogen-bond donors (Lipinski definition) is 0. The molecule has 2 unspecified atom stereocenters. The maximum Gasteiger partial charge on any atom is 0.214 e. The van der Waals surface area contributed by atoms with Gasteiger partial charge in [0.1, 0.15) is 11.5 Å². The Morgan fingerprint density at radius 1 is 1.36 bits per heavy atom. The van der Waals surface area contributed by atoms with Crippen molar-refractivity contribution in [1.82, 2.24) is 4.98 Å². The number of nitrogens with zero attached hydrogens (tertiary/aromatic N) is 3. The lowest BCUT2D eigenvalue weighted by molar-refractivity contribution is 0.397. The average molecular weight is 333 g/mol. The van der Waals surface area contributed by atoms with Gasteiger partial charge in [-0.05, 0) is 42.5 Å².